The molecular weight excluding hydrogens is 386 g/mol. The van der Waals surface area contributed by atoms with Crippen molar-refractivity contribution >= 4 is 17.9 Å². The fraction of sp³-hybridized carbons (Fsp3) is 0.304. The van der Waals surface area contributed by atoms with Crippen molar-refractivity contribution in [3.8, 4) is 23.0 Å². The van der Waals surface area contributed by atoms with Crippen LogP contribution in [0.3, 0.4) is 0 Å². The van der Waals surface area contributed by atoms with Gasteiger partial charge in [0.2, 0.25) is 5.90 Å². The van der Waals surface area contributed by atoms with E-state index in [1.807, 2.05) is 26.8 Å². The Kier molecular flexibility index (Phi) is 6.95. The lowest BCUT2D eigenvalue weighted by Gasteiger charge is -2.11. The molecule has 0 amide bonds. The van der Waals surface area contributed by atoms with Crippen LogP contribution >= 0.6 is 0 Å². The van der Waals surface area contributed by atoms with Gasteiger partial charge in [-0.2, -0.15) is 0 Å². The van der Waals surface area contributed by atoms with Crippen LogP contribution in [0.4, 0.5) is 0 Å². The first-order valence-electron chi connectivity index (χ1n) is 9.83. The SMILES string of the molecule is CCOc1cc(/C=C2\N=C(c3ccc(OCC)c(OCC)c3)OC2=O)ccc1OC. The molecule has 1 heterocycles. The highest BCUT2D eigenvalue weighted by atomic mass is 16.6. The molecule has 2 aromatic rings. The molecular formula is C23H25NO6. The third-order valence-corrected chi connectivity index (χ3v) is 4.20. The fourth-order valence-corrected chi connectivity index (χ4v) is 2.93. The van der Waals surface area contributed by atoms with E-state index in [-0.39, 0.29) is 11.6 Å². The molecule has 7 heteroatoms. The monoisotopic (exact) mass is 411 g/mol. The lowest BCUT2D eigenvalue weighted by atomic mass is 10.1. The number of nitrogens with zero attached hydrogens (tertiary/aromatic N) is 1. The summed E-state index contributed by atoms with van der Waals surface area (Å²) in [5, 5.41) is 0. The van der Waals surface area contributed by atoms with Crippen molar-refractivity contribution in [1.29, 1.82) is 0 Å². The molecule has 0 N–H and O–H groups in total. The van der Waals surface area contributed by atoms with Gasteiger partial charge < -0.3 is 23.7 Å². The van der Waals surface area contributed by atoms with Gasteiger partial charge in [0.15, 0.2) is 28.7 Å². The van der Waals surface area contributed by atoms with Crippen LogP contribution < -0.4 is 18.9 Å². The van der Waals surface area contributed by atoms with Gasteiger partial charge in [0, 0.05) is 5.56 Å². The van der Waals surface area contributed by atoms with Crippen LogP contribution in [0.2, 0.25) is 0 Å². The van der Waals surface area contributed by atoms with E-state index < -0.39 is 5.97 Å². The summed E-state index contributed by atoms with van der Waals surface area (Å²) in [5.41, 5.74) is 1.57. The summed E-state index contributed by atoms with van der Waals surface area (Å²) >= 11 is 0. The van der Waals surface area contributed by atoms with Crippen LogP contribution in [0.5, 0.6) is 23.0 Å². The van der Waals surface area contributed by atoms with E-state index in [9.17, 15) is 4.79 Å². The Morgan fingerprint density at radius 3 is 2.17 bits per heavy atom. The molecule has 30 heavy (non-hydrogen) atoms. The van der Waals surface area contributed by atoms with E-state index in [2.05, 4.69) is 4.99 Å². The van der Waals surface area contributed by atoms with Gasteiger partial charge in [-0.1, -0.05) is 6.07 Å². The number of carbonyl (C=O) groups is 1. The van der Waals surface area contributed by atoms with Crippen LogP contribution in [0.15, 0.2) is 47.1 Å². The molecule has 0 spiro atoms. The maximum atomic E-state index is 12.4. The van der Waals surface area contributed by atoms with Gasteiger partial charge in [0.05, 0.1) is 26.9 Å². The summed E-state index contributed by atoms with van der Waals surface area (Å²) in [6.45, 7) is 7.19. The first-order chi connectivity index (χ1) is 14.6. The van der Waals surface area contributed by atoms with Gasteiger partial charge in [0.1, 0.15) is 0 Å². The molecule has 0 unspecified atom stereocenters. The molecule has 1 aliphatic heterocycles. The second-order valence-electron chi connectivity index (χ2n) is 6.21. The summed E-state index contributed by atoms with van der Waals surface area (Å²) < 4.78 is 27.5. The zero-order valence-electron chi connectivity index (χ0n) is 17.6. The quantitative estimate of drug-likeness (QED) is 0.454. The summed E-state index contributed by atoms with van der Waals surface area (Å²) in [4.78, 5) is 16.7. The minimum atomic E-state index is -0.523. The predicted octanol–water partition coefficient (Wildman–Crippen LogP) is 4.24. The molecule has 1 aliphatic rings. The molecule has 0 saturated carbocycles. The van der Waals surface area contributed by atoms with Crippen molar-refractivity contribution in [3.05, 3.63) is 53.2 Å². The molecule has 7 nitrogen and oxygen atoms in total. The summed E-state index contributed by atoms with van der Waals surface area (Å²) in [5.74, 6) is 2.11. The number of hydrogen-bond acceptors (Lipinski definition) is 7. The van der Waals surface area contributed by atoms with Gasteiger partial charge >= 0.3 is 5.97 Å². The lowest BCUT2D eigenvalue weighted by Crippen LogP contribution is -2.06. The Morgan fingerprint density at radius 1 is 0.867 bits per heavy atom. The molecule has 0 aliphatic carbocycles. The Labute approximate surface area is 175 Å². The van der Waals surface area contributed by atoms with Crippen LogP contribution in [-0.2, 0) is 9.53 Å². The van der Waals surface area contributed by atoms with E-state index >= 15 is 0 Å². The lowest BCUT2D eigenvalue weighted by molar-refractivity contribution is -0.129. The molecule has 0 aromatic heterocycles. The average molecular weight is 411 g/mol. The van der Waals surface area contributed by atoms with Gasteiger partial charge in [-0.15, -0.1) is 0 Å². The van der Waals surface area contributed by atoms with Crippen LogP contribution in [0, 0.1) is 0 Å². The molecule has 3 rings (SSSR count). The van der Waals surface area contributed by atoms with Crippen molar-refractivity contribution in [2.75, 3.05) is 26.9 Å². The second kappa shape index (κ2) is 9.82. The molecule has 0 fully saturated rings. The average Bonchev–Trinajstić information content (AvgIpc) is 3.10. The maximum absolute atomic E-state index is 12.4. The smallest absolute Gasteiger partial charge is 0.363 e. The van der Waals surface area contributed by atoms with Crippen LogP contribution in [0.1, 0.15) is 31.9 Å². The number of carbonyl (C=O) groups excluding carboxylic acids is 1. The Morgan fingerprint density at radius 2 is 1.50 bits per heavy atom. The van der Waals surface area contributed by atoms with Crippen molar-refractivity contribution in [3.63, 3.8) is 0 Å². The number of aliphatic imine (C=N–C) groups is 1. The third kappa shape index (κ3) is 4.74. The normalized spacial score (nSPS) is 14.3. The van der Waals surface area contributed by atoms with Gasteiger partial charge in [-0.25, -0.2) is 9.79 Å². The van der Waals surface area contributed by atoms with Crippen molar-refractivity contribution in [2.45, 2.75) is 20.8 Å². The largest absolute Gasteiger partial charge is 0.493 e. The standard InChI is InChI=1S/C23H25NO6/c1-5-27-19-11-9-16(14-21(19)29-7-3)22-24-17(23(25)30-22)12-15-8-10-18(26-4)20(13-15)28-6-2/h8-14H,5-7H2,1-4H3/b17-12-. The van der Waals surface area contributed by atoms with E-state index in [0.29, 0.717) is 48.4 Å². The third-order valence-electron chi connectivity index (χ3n) is 4.20. The fourth-order valence-electron chi connectivity index (χ4n) is 2.93. The summed E-state index contributed by atoms with van der Waals surface area (Å²) in [6, 6.07) is 10.7. The zero-order chi connectivity index (χ0) is 21.5. The Hall–Kier alpha value is -3.48. The van der Waals surface area contributed by atoms with Gasteiger partial charge in [-0.05, 0) is 62.7 Å². The van der Waals surface area contributed by atoms with Crippen molar-refractivity contribution < 1.29 is 28.5 Å². The molecule has 0 bridgehead atoms. The minimum Gasteiger partial charge on any atom is -0.493 e. The molecule has 2 aromatic carbocycles. The van der Waals surface area contributed by atoms with Crippen molar-refractivity contribution in [2.24, 2.45) is 4.99 Å². The topological polar surface area (TPSA) is 75.6 Å². The molecule has 158 valence electrons. The number of benzene rings is 2. The Balaban J connectivity index is 1.91. The number of methoxy groups -OCH3 is 1. The van der Waals surface area contributed by atoms with Gasteiger partial charge in [0.25, 0.3) is 0 Å². The van der Waals surface area contributed by atoms with Gasteiger partial charge in [-0.3, -0.25) is 0 Å². The number of cyclic esters (lactones) is 1. The highest BCUT2D eigenvalue weighted by Gasteiger charge is 2.25. The first-order valence-corrected chi connectivity index (χ1v) is 9.83. The second-order valence-corrected chi connectivity index (χ2v) is 6.21. The van der Waals surface area contributed by atoms with Crippen LogP contribution in [0.25, 0.3) is 6.08 Å². The number of ether oxygens (including phenoxy) is 5. The maximum Gasteiger partial charge on any atom is 0.363 e. The van der Waals surface area contributed by atoms with E-state index in [4.69, 9.17) is 23.7 Å². The van der Waals surface area contributed by atoms with Crippen LogP contribution in [-0.4, -0.2) is 38.8 Å². The summed E-state index contributed by atoms with van der Waals surface area (Å²) in [7, 11) is 1.58. The zero-order valence-corrected chi connectivity index (χ0v) is 17.6. The predicted molar refractivity (Wildman–Crippen MR) is 114 cm³/mol. The first kappa shape index (κ1) is 21.2. The number of rotatable bonds is 9. The Bertz CT molecular complexity index is 980. The number of esters is 1. The van der Waals surface area contributed by atoms with Crippen molar-refractivity contribution in [1.82, 2.24) is 0 Å². The number of hydrogen-bond donors (Lipinski definition) is 0. The molecule has 0 radical (unpaired) electrons. The molecule has 0 saturated heterocycles. The van der Waals surface area contributed by atoms with E-state index in [1.165, 1.54) is 0 Å². The van der Waals surface area contributed by atoms with E-state index in [0.717, 1.165) is 5.56 Å². The highest BCUT2D eigenvalue weighted by molar-refractivity contribution is 6.13. The van der Waals surface area contributed by atoms with E-state index in [1.54, 1.807) is 43.5 Å². The highest BCUT2D eigenvalue weighted by Crippen LogP contribution is 2.32. The molecule has 0 atom stereocenters. The minimum absolute atomic E-state index is 0.199. The summed E-state index contributed by atoms with van der Waals surface area (Å²) in [6.07, 6.45) is 1.65.